The number of hydrogen-bond donors (Lipinski definition) is 2. The molecule has 0 aliphatic carbocycles. The second-order valence-electron chi connectivity index (χ2n) is 8.81. The van der Waals surface area contributed by atoms with Crippen LogP contribution in [-0.2, 0) is 0 Å². The Morgan fingerprint density at radius 1 is 0.625 bits per heavy atom. The van der Waals surface area contributed by atoms with E-state index in [0.717, 1.165) is 31.6 Å². The van der Waals surface area contributed by atoms with E-state index in [1.54, 1.807) is 49.5 Å². The summed E-state index contributed by atoms with van der Waals surface area (Å²) in [6, 6.07) is 21.9. The van der Waals surface area contributed by atoms with E-state index in [4.69, 9.17) is 9.47 Å². The number of thiazole rings is 2. The van der Waals surface area contributed by atoms with Crippen LogP contribution in [0, 0.1) is 0 Å². The van der Waals surface area contributed by atoms with Gasteiger partial charge < -0.3 is 20.1 Å². The van der Waals surface area contributed by atoms with E-state index in [1.165, 1.54) is 22.7 Å². The Hall–Kier alpha value is -4.80. The van der Waals surface area contributed by atoms with Crippen LogP contribution in [0.2, 0.25) is 0 Å². The van der Waals surface area contributed by atoms with Gasteiger partial charge in [0.25, 0.3) is 11.8 Å². The Morgan fingerprint density at radius 2 is 1.07 bits per heavy atom. The molecule has 40 heavy (non-hydrogen) atoms. The highest BCUT2D eigenvalue weighted by molar-refractivity contribution is 7.17. The third-order valence-electron chi connectivity index (χ3n) is 6.42. The van der Waals surface area contributed by atoms with Crippen molar-refractivity contribution in [2.75, 3.05) is 24.9 Å². The first kappa shape index (κ1) is 25.5. The molecular weight excluding hydrogens is 544 g/mol. The highest BCUT2D eigenvalue weighted by Gasteiger charge is 2.15. The van der Waals surface area contributed by atoms with Crippen LogP contribution in [0.5, 0.6) is 11.5 Å². The van der Waals surface area contributed by atoms with Crippen molar-refractivity contribution < 1.29 is 19.1 Å². The molecule has 4 aromatic carbocycles. The number of aromatic nitrogens is 2. The van der Waals surface area contributed by atoms with Crippen LogP contribution >= 0.6 is 22.7 Å². The molecule has 2 amide bonds. The third-order valence-corrected chi connectivity index (χ3v) is 8.00. The number of nitrogens with one attached hydrogen (secondary N) is 2. The molecule has 0 saturated heterocycles. The molecule has 2 aromatic heterocycles. The number of rotatable bonds is 7. The molecule has 0 fully saturated rings. The normalized spacial score (nSPS) is 10.9. The fourth-order valence-electron chi connectivity index (χ4n) is 4.33. The van der Waals surface area contributed by atoms with Gasteiger partial charge in [0.15, 0.2) is 0 Å². The third kappa shape index (κ3) is 4.97. The van der Waals surface area contributed by atoms with Crippen molar-refractivity contribution >= 4 is 66.3 Å². The standard InChI is InChI=1S/C30H22N4O4S2/c1-37-25-11-17(3-7-21(25)33-29(35)19-5-9-23-27(13-19)39-15-31-23)18-4-8-22(26(12-18)38-2)34-30(36)20-6-10-24-28(14-20)40-16-32-24/h3-16H,1-2H3,(H,33,35)(H,34,36). The number of hydrogen-bond acceptors (Lipinski definition) is 8. The lowest BCUT2D eigenvalue weighted by molar-refractivity contribution is 0.101. The van der Waals surface area contributed by atoms with Crippen molar-refractivity contribution in [1.29, 1.82) is 0 Å². The van der Waals surface area contributed by atoms with E-state index in [9.17, 15) is 9.59 Å². The maximum Gasteiger partial charge on any atom is 0.255 e. The first-order valence-electron chi connectivity index (χ1n) is 12.2. The first-order chi connectivity index (χ1) is 19.5. The van der Waals surface area contributed by atoms with Crippen LogP contribution < -0.4 is 20.1 Å². The van der Waals surface area contributed by atoms with Crippen molar-refractivity contribution in [2.45, 2.75) is 0 Å². The zero-order chi connectivity index (χ0) is 27.6. The van der Waals surface area contributed by atoms with Gasteiger partial charge in [-0.15, -0.1) is 22.7 Å². The summed E-state index contributed by atoms with van der Waals surface area (Å²) >= 11 is 2.98. The van der Waals surface area contributed by atoms with Gasteiger partial charge in [-0.3, -0.25) is 9.59 Å². The molecule has 6 rings (SSSR count). The Labute approximate surface area is 237 Å². The zero-order valence-electron chi connectivity index (χ0n) is 21.4. The van der Waals surface area contributed by atoms with Crippen LogP contribution in [0.15, 0.2) is 83.8 Å². The van der Waals surface area contributed by atoms with E-state index in [2.05, 4.69) is 20.6 Å². The van der Waals surface area contributed by atoms with Crippen LogP contribution in [0.3, 0.4) is 0 Å². The molecule has 198 valence electrons. The fourth-order valence-corrected chi connectivity index (χ4v) is 5.76. The highest BCUT2D eigenvalue weighted by Crippen LogP contribution is 2.35. The van der Waals surface area contributed by atoms with Gasteiger partial charge in [0.05, 0.1) is 57.0 Å². The van der Waals surface area contributed by atoms with E-state index in [-0.39, 0.29) is 11.8 Å². The Balaban J connectivity index is 1.22. The molecular formula is C30H22N4O4S2. The van der Waals surface area contributed by atoms with Crippen molar-refractivity contribution in [1.82, 2.24) is 9.97 Å². The number of anilines is 2. The first-order valence-corrected chi connectivity index (χ1v) is 13.9. The summed E-state index contributed by atoms with van der Waals surface area (Å²) in [5, 5.41) is 5.87. The predicted octanol–water partition coefficient (Wildman–Crippen LogP) is 7.09. The minimum atomic E-state index is -0.238. The van der Waals surface area contributed by atoms with Gasteiger partial charge in [0.2, 0.25) is 0 Å². The van der Waals surface area contributed by atoms with Crippen molar-refractivity contribution in [3.63, 3.8) is 0 Å². The molecule has 0 saturated carbocycles. The summed E-state index contributed by atoms with van der Waals surface area (Å²) < 4.78 is 13.1. The second kappa shape index (κ2) is 10.8. The van der Waals surface area contributed by atoms with Crippen molar-refractivity contribution in [3.05, 3.63) is 94.9 Å². The van der Waals surface area contributed by atoms with Gasteiger partial charge in [-0.05, 0) is 71.8 Å². The molecule has 0 aliphatic heterocycles. The lowest BCUT2D eigenvalue weighted by atomic mass is 10.0. The Morgan fingerprint density at radius 3 is 1.50 bits per heavy atom. The van der Waals surface area contributed by atoms with Gasteiger partial charge in [-0.2, -0.15) is 0 Å². The average Bonchev–Trinajstić information content (AvgIpc) is 3.66. The number of benzene rings is 4. The SMILES string of the molecule is COc1cc(-c2ccc(NC(=O)c3ccc4ncsc4c3)c(OC)c2)ccc1NC(=O)c1ccc2ncsc2c1. The number of ether oxygens (including phenoxy) is 2. The van der Waals surface area contributed by atoms with Gasteiger partial charge >= 0.3 is 0 Å². The largest absolute Gasteiger partial charge is 0.495 e. The van der Waals surface area contributed by atoms with E-state index < -0.39 is 0 Å². The molecule has 0 atom stereocenters. The van der Waals surface area contributed by atoms with Gasteiger partial charge in [0, 0.05) is 11.1 Å². The molecule has 0 aliphatic rings. The Bertz CT molecular complexity index is 1760. The fraction of sp³-hybridized carbons (Fsp3) is 0.0667. The summed E-state index contributed by atoms with van der Waals surface area (Å²) in [7, 11) is 3.11. The summed E-state index contributed by atoms with van der Waals surface area (Å²) in [6.07, 6.45) is 0. The summed E-state index contributed by atoms with van der Waals surface area (Å²) in [5.74, 6) is 0.550. The topological polar surface area (TPSA) is 102 Å². The Kier molecular flexibility index (Phi) is 6.85. The minimum absolute atomic E-state index is 0.238. The number of amides is 2. The predicted molar refractivity (Wildman–Crippen MR) is 160 cm³/mol. The number of carbonyl (C=O) groups is 2. The molecule has 2 heterocycles. The lowest BCUT2D eigenvalue weighted by Crippen LogP contribution is -2.12. The number of nitrogens with zero attached hydrogens (tertiary/aromatic N) is 2. The maximum atomic E-state index is 12.9. The molecule has 6 aromatic rings. The molecule has 10 heteroatoms. The zero-order valence-corrected chi connectivity index (χ0v) is 23.1. The van der Waals surface area contributed by atoms with E-state index in [1.807, 2.05) is 48.5 Å². The average molecular weight is 567 g/mol. The van der Waals surface area contributed by atoms with Crippen molar-refractivity contribution in [3.8, 4) is 22.6 Å². The van der Waals surface area contributed by atoms with Crippen LogP contribution in [0.1, 0.15) is 20.7 Å². The molecule has 8 nitrogen and oxygen atoms in total. The van der Waals surface area contributed by atoms with Crippen LogP contribution in [0.4, 0.5) is 11.4 Å². The molecule has 0 bridgehead atoms. The summed E-state index contributed by atoms with van der Waals surface area (Å²) in [5.41, 5.74) is 9.13. The summed E-state index contributed by atoms with van der Waals surface area (Å²) in [4.78, 5) is 34.4. The van der Waals surface area contributed by atoms with E-state index >= 15 is 0 Å². The minimum Gasteiger partial charge on any atom is -0.495 e. The number of carbonyl (C=O) groups excluding carboxylic acids is 2. The van der Waals surface area contributed by atoms with Gasteiger partial charge in [-0.25, -0.2) is 9.97 Å². The smallest absolute Gasteiger partial charge is 0.255 e. The van der Waals surface area contributed by atoms with Gasteiger partial charge in [-0.1, -0.05) is 12.1 Å². The maximum absolute atomic E-state index is 12.9. The molecule has 0 radical (unpaired) electrons. The van der Waals surface area contributed by atoms with Crippen LogP contribution in [0.25, 0.3) is 31.6 Å². The summed E-state index contributed by atoms with van der Waals surface area (Å²) in [6.45, 7) is 0. The molecule has 0 unspecified atom stereocenters. The monoisotopic (exact) mass is 566 g/mol. The quantitative estimate of drug-likeness (QED) is 0.214. The number of fused-ring (bicyclic) bond motifs is 2. The molecule has 0 spiro atoms. The number of methoxy groups -OCH3 is 2. The lowest BCUT2D eigenvalue weighted by Gasteiger charge is -2.15. The van der Waals surface area contributed by atoms with Crippen molar-refractivity contribution in [2.24, 2.45) is 0 Å². The van der Waals surface area contributed by atoms with Crippen LogP contribution in [-0.4, -0.2) is 36.0 Å². The second-order valence-corrected chi connectivity index (χ2v) is 10.6. The van der Waals surface area contributed by atoms with E-state index in [0.29, 0.717) is 34.0 Å². The molecule has 2 N–H and O–H groups in total. The highest BCUT2D eigenvalue weighted by atomic mass is 32.1. The van der Waals surface area contributed by atoms with Gasteiger partial charge in [0.1, 0.15) is 11.5 Å².